The van der Waals surface area contributed by atoms with Gasteiger partial charge in [-0.3, -0.25) is 4.79 Å². The first-order valence-electron chi connectivity index (χ1n) is 10.9. The molecule has 4 rings (SSSR count). The molecule has 2 aliphatic heterocycles. The topological polar surface area (TPSA) is 77.1 Å². The summed E-state index contributed by atoms with van der Waals surface area (Å²) in [7, 11) is 0. The van der Waals surface area contributed by atoms with Crippen LogP contribution < -0.4 is 14.8 Å². The summed E-state index contributed by atoms with van der Waals surface area (Å²) in [6, 6.07) is 4.09. The van der Waals surface area contributed by atoms with Crippen molar-refractivity contribution in [2.24, 2.45) is 0 Å². The van der Waals surface area contributed by atoms with Crippen molar-refractivity contribution in [1.82, 2.24) is 10.2 Å². The SMILES string of the molecule is C[C@H]1c2cc3c(cc2C2(CCCC2)CN1C(=O)CNC(=O)OC(C)(C)C)OCCO3. The first-order chi connectivity index (χ1) is 14.2. The van der Waals surface area contributed by atoms with E-state index < -0.39 is 11.7 Å². The lowest BCUT2D eigenvalue weighted by molar-refractivity contribution is -0.134. The van der Waals surface area contributed by atoms with E-state index in [1.54, 1.807) is 20.8 Å². The molecule has 0 unspecified atom stereocenters. The number of hydrogen-bond donors (Lipinski definition) is 1. The van der Waals surface area contributed by atoms with Gasteiger partial charge in [0.05, 0.1) is 6.04 Å². The van der Waals surface area contributed by atoms with Gasteiger partial charge in [-0.1, -0.05) is 12.8 Å². The maximum Gasteiger partial charge on any atom is 0.408 e. The monoisotopic (exact) mass is 416 g/mol. The minimum absolute atomic E-state index is 0.0563. The number of carbonyl (C=O) groups excluding carboxylic acids is 2. The van der Waals surface area contributed by atoms with Crippen molar-refractivity contribution in [3.63, 3.8) is 0 Å². The zero-order valence-corrected chi connectivity index (χ0v) is 18.4. The second kappa shape index (κ2) is 7.67. The molecule has 30 heavy (non-hydrogen) atoms. The Bertz CT molecular complexity index is 839. The molecule has 3 aliphatic rings. The molecular formula is C23H32N2O5. The van der Waals surface area contributed by atoms with Crippen LogP contribution >= 0.6 is 0 Å². The number of hydrogen-bond acceptors (Lipinski definition) is 5. The molecule has 0 saturated heterocycles. The Morgan fingerprint density at radius 2 is 1.80 bits per heavy atom. The van der Waals surface area contributed by atoms with Crippen LogP contribution in [-0.4, -0.2) is 48.8 Å². The van der Waals surface area contributed by atoms with E-state index in [0.29, 0.717) is 19.8 Å². The molecule has 7 nitrogen and oxygen atoms in total. The number of rotatable bonds is 2. The highest BCUT2D eigenvalue weighted by atomic mass is 16.6. The predicted octanol–water partition coefficient (Wildman–Crippen LogP) is 3.70. The van der Waals surface area contributed by atoms with E-state index in [1.807, 2.05) is 11.8 Å². The average Bonchev–Trinajstić information content (AvgIpc) is 3.16. The summed E-state index contributed by atoms with van der Waals surface area (Å²) in [5.41, 5.74) is 1.76. The Hall–Kier alpha value is -2.44. The predicted molar refractivity (Wildman–Crippen MR) is 112 cm³/mol. The van der Waals surface area contributed by atoms with Gasteiger partial charge in [-0.15, -0.1) is 0 Å². The molecular weight excluding hydrogens is 384 g/mol. The highest BCUT2D eigenvalue weighted by molar-refractivity contribution is 5.83. The molecule has 1 N–H and O–H groups in total. The first-order valence-corrected chi connectivity index (χ1v) is 10.9. The van der Waals surface area contributed by atoms with Gasteiger partial charge < -0.3 is 24.4 Å². The second-order valence-electron chi connectivity index (χ2n) is 9.62. The van der Waals surface area contributed by atoms with Crippen molar-refractivity contribution in [1.29, 1.82) is 0 Å². The fraction of sp³-hybridized carbons (Fsp3) is 0.652. The number of nitrogens with one attached hydrogen (secondary N) is 1. The Kier molecular flexibility index (Phi) is 5.32. The molecule has 0 radical (unpaired) electrons. The third-order valence-electron chi connectivity index (χ3n) is 6.34. The van der Waals surface area contributed by atoms with E-state index in [2.05, 4.69) is 17.4 Å². The summed E-state index contributed by atoms with van der Waals surface area (Å²) in [5.74, 6) is 1.46. The van der Waals surface area contributed by atoms with Crippen molar-refractivity contribution < 1.29 is 23.8 Å². The number of amides is 2. The van der Waals surface area contributed by atoms with E-state index in [-0.39, 0.29) is 23.9 Å². The van der Waals surface area contributed by atoms with Crippen molar-refractivity contribution >= 4 is 12.0 Å². The summed E-state index contributed by atoms with van der Waals surface area (Å²) in [6.45, 7) is 9.13. The molecule has 1 spiro atoms. The normalized spacial score (nSPS) is 21.9. The molecule has 1 atom stereocenters. The highest BCUT2D eigenvalue weighted by Crippen LogP contribution is 2.51. The van der Waals surface area contributed by atoms with Crippen LogP contribution in [0.4, 0.5) is 4.79 Å². The second-order valence-corrected chi connectivity index (χ2v) is 9.62. The summed E-state index contributed by atoms with van der Waals surface area (Å²) in [6.07, 6.45) is 3.84. The minimum Gasteiger partial charge on any atom is -0.486 e. The van der Waals surface area contributed by atoms with E-state index in [4.69, 9.17) is 14.2 Å². The highest BCUT2D eigenvalue weighted by Gasteiger charge is 2.46. The van der Waals surface area contributed by atoms with Gasteiger partial charge in [0.15, 0.2) is 11.5 Å². The molecule has 1 aromatic carbocycles. The van der Waals surface area contributed by atoms with Crippen LogP contribution in [0.25, 0.3) is 0 Å². The van der Waals surface area contributed by atoms with Gasteiger partial charge in [-0.05, 0) is 63.8 Å². The molecule has 0 bridgehead atoms. The molecule has 1 aromatic rings. The Labute approximate surface area is 178 Å². The third kappa shape index (κ3) is 3.94. The van der Waals surface area contributed by atoms with Crippen LogP contribution in [0.15, 0.2) is 12.1 Å². The van der Waals surface area contributed by atoms with Crippen LogP contribution in [0.5, 0.6) is 11.5 Å². The van der Waals surface area contributed by atoms with E-state index in [1.165, 1.54) is 5.56 Å². The molecule has 1 saturated carbocycles. The van der Waals surface area contributed by atoms with Crippen LogP contribution in [0.3, 0.4) is 0 Å². The summed E-state index contributed by atoms with van der Waals surface area (Å²) in [4.78, 5) is 27.0. The maximum atomic E-state index is 13.1. The van der Waals surface area contributed by atoms with Gasteiger partial charge in [0.25, 0.3) is 0 Å². The minimum atomic E-state index is -0.598. The number of nitrogens with zero attached hydrogens (tertiary/aromatic N) is 1. The van der Waals surface area contributed by atoms with E-state index in [9.17, 15) is 9.59 Å². The molecule has 2 amide bonds. The zero-order chi connectivity index (χ0) is 21.5. The average molecular weight is 417 g/mol. The Balaban J connectivity index is 1.58. The third-order valence-corrected chi connectivity index (χ3v) is 6.34. The van der Waals surface area contributed by atoms with Gasteiger partial charge >= 0.3 is 6.09 Å². The first kappa shape index (κ1) is 20.8. The van der Waals surface area contributed by atoms with Crippen LogP contribution in [0.1, 0.15) is 70.5 Å². The van der Waals surface area contributed by atoms with Crippen molar-refractivity contribution in [3.05, 3.63) is 23.3 Å². The summed E-state index contributed by atoms with van der Waals surface area (Å²) < 4.78 is 16.9. The van der Waals surface area contributed by atoms with Gasteiger partial charge in [0, 0.05) is 12.0 Å². The number of carbonyl (C=O) groups is 2. The van der Waals surface area contributed by atoms with E-state index in [0.717, 1.165) is 42.7 Å². The van der Waals surface area contributed by atoms with Gasteiger partial charge in [0.2, 0.25) is 5.91 Å². The zero-order valence-electron chi connectivity index (χ0n) is 18.4. The number of benzene rings is 1. The fourth-order valence-corrected chi connectivity index (χ4v) is 4.97. The van der Waals surface area contributed by atoms with E-state index >= 15 is 0 Å². The van der Waals surface area contributed by atoms with Gasteiger partial charge in [-0.2, -0.15) is 0 Å². The van der Waals surface area contributed by atoms with Gasteiger partial charge in [0.1, 0.15) is 25.4 Å². The maximum absolute atomic E-state index is 13.1. The quantitative estimate of drug-likeness (QED) is 0.796. The largest absolute Gasteiger partial charge is 0.486 e. The van der Waals surface area contributed by atoms with Crippen molar-refractivity contribution in [2.45, 2.75) is 70.4 Å². The van der Waals surface area contributed by atoms with Crippen molar-refractivity contribution in [2.75, 3.05) is 26.3 Å². The lowest BCUT2D eigenvalue weighted by atomic mass is 9.71. The van der Waals surface area contributed by atoms with Crippen LogP contribution in [-0.2, 0) is 14.9 Å². The molecule has 164 valence electrons. The number of alkyl carbamates (subject to hydrolysis) is 1. The standard InChI is InChI=1S/C23H32N2O5/c1-15-16-11-18-19(29-10-9-28-18)12-17(16)23(7-5-6-8-23)14-25(15)20(26)13-24-21(27)30-22(2,3)4/h11-12,15H,5-10,13-14H2,1-4H3,(H,24,27)/t15-/m0/s1. The molecule has 7 heteroatoms. The molecule has 1 aliphatic carbocycles. The summed E-state index contributed by atoms with van der Waals surface area (Å²) >= 11 is 0. The molecule has 2 heterocycles. The van der Waals surface area contributed by atoms with Crippen LogP contribution in [0.2, 0.25) is 0 Å². The van der Waals surface area contributed by atoms with Crippen molar-refractivity contribution in [3.8, 4) is 11.5 Å². The lowest BCUT2D eigenvalue weighted by Crippen LogP contribution is -2.51. The molecule has 1 fully saturated rings. The fourth-order valence-electron chi connectivity index (χ4n) is 4.97. The number of ether oxygens (including phenoxy) is 3. The summed E-state index contributed by atoms with van der Waals surface area (Å²) in [5, 5.41) is 2.61. The lowest BCUT2D eigenvalue weighted by Gasteiger charge is -2.46. The Morgan fingerprint density at radius 1 is 1.17 bits per heavy atom. The smallest absolute Gasteiger partial charge is 0.408 e. The Morgan fingerprint density at radius 3 is 2.43 bits per heavy atom. The molecule has 0 aromatic heterocycles. The van der Waals surface area contributed by atoms with Gasteiger partial charge in [-0.25, -0.2) is 4.79 Å². The van der Waals surface area contributed by atoms with Crippen LogP contribution in [0, 0.1) is 0 Å². The number of fused-ring (bicyclic) bond motifs is 3.